The maximum Gasteiger partial charge on any atom is 0.352 e. The summed E-state index contributed by atoms with van der Waals surface area (Å²) in [6, 6.07) is -0.281. The molecule has 25 heavy (non-hydrogen) atoms. The molecular weight excluding hydrogens is 457 g/mol. The van der Waals surface area contributed by atoms with Crippen LogP contribution in [0.25, 0.3) is 10.4 Å². The van der Waals surface area contributed by atoms with Crippen LogP contribution < -0.4 is 28.5 Å². The van der Waals surface area contributed by atoms with E-state index in [-0.39, 0.29) is 47.5 Å². The summed E-state index contributed by atoms with van der Waals surface area (Å²) >= 11 is 1.50. The molecule has 0 radical (unpaired) electrons. The highest BCUT2D eigenvalue weighted by atomic mass is 127. The highest BCUT2D eigenvalue weighted by Gasteiger charge is 2.60. The van der Waals surface area contributed by atoms with Gasteiger partial charge in [-0.15, -0.1) is 0 Å². The summed E-state index contributed by atoms with van der Waals surface area (Å²) < 4.78 is 3.88. The lowest BCUT2D eigenvalue weighted by molar-refractivity contribution is -0.669. The van der Waals surface area contributed by atoms with Crippen LogP contribution in [0.5, 0.6) is 0 Å². The number of carboxylic acids is 1. The van der Waals surface area contributed by atoms with Crippen molar-refractivity contribution < 1.29 is 48.3 Å². The Morgan fingerprint density at radius 1 is 1.44 bits per heavy atom. The second-order valence-corrected chi connectivity index (χ2v) is 7.63. The Hall–Kier alpha value is -1.46. The number of hydrogen-bond acceptors (Lipinski definition) is 4. The molecule has 0 unspecified atom stereocenters. The molecule has 4 heterocycles. The van der Waals surface area contributed by atoms with Crippen LogP contribution in [0.4, 0.5) is 0 Å². The SMILES string of the molecule is C[C@@H](O)[C@H]1C(=O)N2C(C(=O)O)=C(c3cn4c[n+](C)cc4s3)[C@H](C)[C@H]12.[I-]. The van der Waals surface area contributed by atoms with Gasteiger partial charge >= 0.3 is 5.97 Å². The Morgan fingerprint density at radius 3 is 2.68 bits per heavy atom. The van der Waals surface area contributed by atoms with Crippen molar-refractivity contribution in [2.45, 2.75) is 26.0 Å². The molecule has 134 valence electrons. The minimum atomic E-state index is -1.10. The van der Waals surface area contributed by atoms with Gasteiger partial charge in [0.15, 0.2) is 0 Å². The van der Waals surface area contributed by atoms with Crippen LogP contribution in [0, 0.1) is 11.8 Å². The number of aliphatic hydroxyl groups is 1. The number of amides is 1. The third kappa shape index (κ3) is 2.43. The van der Waals surface area contributed by atoms with E-state index >= 15 is 0 Å². The first-order valence-electron chi connectivity index (χ1n) is 7.77. The summed E-state index contributed by atoms with van der Waals surface area (Å²) in [5.41, 5.74) is 0.739. The summed E-state index contributed by atoms with van der Waals surface area (Å²) in [5.74, 6) is -2.06. The number of imidazole rings is 1. The predicted octanol–water partition coefficient (Wildman–Crippen LogP) is -2.52. The van der Waals surface area contributed by atoms with Gasteiger partial charge in [-0.25, -0.2) is 9.36 Å². The van der Waals surface area contributed by atoms with Gasteiger partial charge in [0.1, 0.15) is 18.1 Å². The summed E-state index contributed by atoms with van der Waals surface area (Å²) in [6.45, 7) is 3.51. The summed E-state index contributed by atoms with van der Waals surface area (Å²) in [4.78, 5) is 27.4. The van der Waals surface area contributed by atoms with Gasteiger partial charge in [0, 0.05) is 11.5 Å². The average molecular weight is 475 g/mol. The lowest BCUT2D eigenvalue weighted by Gasteiger charge is -2.46. The number of halogens is 1. The minimum absolute atomic E-state index is 0. The monoisotopic (exact) mass is 475 g/mol. The molecule has 1 fully saturated rings. The summed E-state index contributed by atoms with van der Waals surface area (Å²) in [5, 5.41) is 19.6. The number of carboxylic acid groups (broad SMARTS) is 1. The van der Waals surface area contributed by atoms with Crippen molar-refractivity contribution in [3.63, 3.8) is 0 Å². The van der Waals surface area contributed by atoms with Crippen molar-refractivity contribution in [1.82, 2.24) is 9.30 Å². The Kier molecular flexibility index (Phi) is 4.44. The number of carbonyl (C=O) groups excluding carboxylic acids is 1. The second kappa shape index (κ2) is 6.06. The number of nitrogens with zero attached hydrogens (tertiary/aromatic N) is 3. The van der Waals surface area contributed by atoms with Crippen molar-refractivity contribution in [1.29, 1.82) is 0 Å². The second-order valence-electron chi connectivity index (χ2n) is 6.57. The number of hydrogen-bond donors (Lipinski definition) is 2. The molecule has 1 saturated heterocycles. The quantitative estimate of drug-likeness (QED) is 0.292. The first kappa shape index (κ1) is 18.3. The molecule has 0 bridgehead atoms. The summed E-state index contributed by atoms with van der Waals surface area (Å²) in [6.07, 6.45) is 5.00. The van der Waals surface area contributed by atoms with Gasteiger partial charge in [-0.05, 0) is 6.92 Å². The van der Waals surface area contributed by atoms with Crippen molar-refractivity contribution >= 4 is 33.6 Å². The summed E-state index contributed by atoms with van der Waals surface area (Å²) in [7, 11) is 1.93. The van der Waals surface area contributed by atoms with Crippen LogP contribution in [-0.4, -0.2) is 43.5 Å². The number of rotatable bonds is 3. The minimum Gasteiger partial charge on any atom is -1.00 e. The molecule has 2 aliphatic rings. The van der Waals surface area contributed by atoms with Crippen molar-refractivity contribution in [2.24, 2.45) is 18.9 Å². The molecule has 7 nitrogen and oxygen atoms in total. The molecule has 2 aromatic rings. The fourth-order valence-corrected chi connectivity index (χ4v) is 5.19. The maximum absolute atomic E-state index is 12.4. The predicted molar refractivity (Wildman–Crippen MR) is 86.0 cm³/mol. The first-order valence-corrected chi connectivity index (χ1v) is 8.58. The van der Waals surface area contributed by atoms with E-state index in [9.17, 15) is 19.8 Å². The smallest absolute Gasteiger partial charge is 0.352 e. The fourth-order valence-electron chi connectivity index (χ4n) is 3.99. The molecule has 2 aliphatic heterocycles. The van der Waals surface area contributed by atoms with E-state index in [0.29, 0.717) is 5.57 Å². The van der Waals surface area contributed by atoms with E-state index < -0.39 is 18.0 Å². The number of aliphatic carboxylic acids is 1. The third-order valence-electron chi connectivity index (χ3n) is 4.99. The zero-order valence-corrected chi connectivity index (χ0v) is 16.9. The number of thiazole rings is 1. The fraction of sp³-hybridized carbons (Fsp3) is 0.438. The molecule has 1 amide bonds. The lowest BCUT2D eigenvalue weighted by Crippen LogP contribution is -3.00. The van der Waals surface area contributed by atoms with Crippen LogP contribution in [0.3, 0.4) is 0 Å². The number of aromatic nitrogens is 2. The zero-order valence-electron chi connectivity index (χ0n) is 13.9. The topological polar surface area (TPSA) is 86.1 Å². The van der Waals surface area contributed by atoms with Gasteiger partial charge in [-0.1, -0.05) is 18.3 Å². The van der Waals surface area contributed by atoms with Crippen LogP contribution in [0.15, 0.2) is 24.4 Å². The lowest BCUT2D eigenvalue weighted by atomic mass is 9.77. The van der Waals surface area contributed by atoms with Gasteiger partial charge in [0.25, 0.3) is 0 Å². The number of fused-ring (bicyclic) bond motifs is 2. The normalized spacial score (nSPS) is 26.5. The Morgan fingerprint density at radius 2 is 2.12 bits per heavy atom. The van der Waals surface area contributed by atoms with E-state index in [2.05, 4.69) is 0 Å². The molecule has 9 heteroatoms. The molecule has 0 aromatic carbocycles. The number of aryl methyl sites for hydroxylation is 1. The van der Waals surface area contributed by atoms with Gasteiger partial charge in [-0.3, -0.25) is 4.79 Å². The van der Waals surface area contributed by atoms with Crippen LogP contribution in [0.1, 0.15) is 18.7 Å². The van der Waals surface area contributed by atoms with E-state index in [4.69, 9.17) is 0 Å². The van der Waals surface area contributed by atoms with Gasteiger partial charge in [0.05, 0.1) is 30.0 Å². The largest absolute Gasteiger partial charge is 1.00 e. The Bertz CT molecular complexity index is 884. The third-order valence-corrected chi connectivity index (χ3v) is 6.06. The van der Waals surface area contributed by atoms with E-state index in [1.165, 1.54) is 16.2 Å². The Labute approximate surface area is 165 Å². The molecule has 0 saturated carbocycles. The van der Waals surface area contributed by atoms with Crippen LogP contribution in [-0.2, 0) is 16.6 Å². The Balaban J connectivity index is 0.00000182. The van der Waals surface area contributed by atoms with Crippen molar-refractivity contribution in [3.05, 3.63) is 29.3 Å². The van der Waals surface area contributed by atoms with Crippen LogP contribution >= 0.6 is 11.3 Å². The van der Waals surface area contributed by atoms with Crippen molar-refractivity contribution in [2.75, 3.05) is 0 Å². The average Bonchev–Trinajstić information content (AvgIpc) is 3.06. The number of carbonyl (C=O) groups is 2. The van der Waals surface area contributed by atoms with Gasteiger partial charge in [-0.2, -0.15) is 4.40 Å². The zero-order chi connectivity index (χ0) is 17.3. The van der Waals surface area contributed by atoms with E-state index in [1.807, 2.05) is 41.7 Å². The maximum atomic E-state index is 12.4. The number of β-lactam (4-membered cyclic amide) rings is 1. The molecule has 0 spiro atoms. The van der Waals surface area contributed by atoms with Crippen LogP contribution in [0.2, 0.25) is 0 Å². The van der Waals surface area contributed by atoms with E-state index in [1.54, 1.807) is 6.92 Å². The number of aliphatic hydroxyl groups excluding tert-OH is 1. The van der Waals surface area contributed by atoms with Gasteiger partial charge < -0.3 is 39.1 Å². The van der Waals surface area contributed by atoms with Crippen molar-refractivity contribution in [3.8, 4) is 0 Å². The van der Waals surface area contributed by atoms with Gasteiger partial charge in [0.2, 0.25) is 17.1 Å². The molecular formula is C16H18IN3O4S. The molecule has 4 rings (SSSR count). The molecule has 2 N–H and O–H groups in total. The first-order chi connectivity index (χ1) is 11.3. The molecule has 2 aromatic heterocycles. The highest BCUT2D eigenvalue weighted by Crippen LogP contribution is 2.51. The molecule has 4 atom stereocenters. The standard InChI is InChI=1S/C16H17N3O4S.HI/c1-7-11(9-4-18-6-17(3)5-10(18)24-9)14(16(22)23)19-13(7)12(8(2)20)15(19)21;/h4-8,12-13,20H,1-3H3;1H/t7-,8+,12+,13+;/m0./s1. The van der Waals surface area contributed by atoms with E-state index in [0.717, 1.165) is 9.71 Å². The highest BCUT2D eigenvalue weighted by molar-refractivity contribution is 7.18. The molecule has 0 aliphatic carbocycles.